The molecule has 2 atom stereocenters. The number of β-amino-alcohol motifs (C(OH)–C–C–N with tert-alkyl or cyclic N) is 1. The molecule has 3 rings (SSSR count). The first-order valence-corrected chi connectivity index (χ1v) is 8.26. The molecule has 1 aromatic heterocycles. The second kappa shape index (κ2) is 7.06. The van der Waals surface area contributed by atoms with Gasteiger partial charge in [-0.05, 0) is 0 Å². The topological polar surface area (TPSA) is 87.5 Å². The zero-order chi connectivity index (χ0) is 18.0. The number of amides is 2. The van der Waals surface area contributed by atoms with Crippen molar-refractivity contribution < 1.29 is 14.7 Å². The third-order valence-corrected chi connectivity index (χ3v) is 4.39. The van der Waals surface area contributed by atoms with E-state index in [2.05, 4.69) is 10.4 Å². The molecule has 2 amide bonds. The van der Waals surface area contributed by atoms with Gasteiger partial charge in [0.25, 0.3) is 0 Å². The number of nitrogens with zero attached hydrogens (tertiary/aromatic N) is 3. The Balaban J connectivity index is 1.72. The molecule has 1 fully saturated rings. The molecule has 7 nitrogen and oxygen atoms in total. The fourth-order valence-corrected chi connectivity index (χ4v) is 3.22. The third kappa shape index (κ3) is 3.71. The zero-order valence-corrected chi connectivity index (χ0v) is 14.3. The quantitative estimate of drug-likeness (QED) is 0.856. The van der Waals surface area contributed by atoms with Crippen molar-refractivity contribution in [2.24, 2.45) is 7.05 Å². The Kier molecular flexibility index (Phi) is 4.85. The van der Waals surface area contributed by atoms with Gasteiger partial charge in [-0.15, -0.1) is 0 Å². The highest BCUT2D eigenvalue weighted by molar-refractivity contribution is 5.87. The van der Waals surface area contributed by atoms with E-state index in [0.717, 1.165) is 16.8 Å². The molecule has 0 bridgehead atoms. The van der Waals surface area contributed by atoms with Crippen LogP contribution >= 0.6 is 0 Å². The van der Waals surface area contributed by atoms with Crippen molar-refractivity contribution >= 4 is 11.8 Å². The number of hydrogen-bond acceptors (Lipinski definition) is 4. The minimum atomic E-state index is -0.655. The molecular weight excluding hydrogens is 320 g/mol. The van der Waals surface area contributed by atoms with Gasteiger partial charge in [0.05, 0.1) is 11.8 Å². The van der Waals surface area contributed by atoms with Crippen LogP contribution in [0.25, 0.3) is 11.3 Å². The van der Waals surface area contributed by atoms with Gasteiger partial charge in [0.2, 0.25) is 11.8 Å². The van der Waals surface area contributed by atoms with Crippen LogP contribution in [0.5, 0.6) is 0 Å². The van der Waals surface area contributed by atoms with Gasteiger partial charge in [-0.2, -0.15) is 5.10 Å². The van der Waals surface area contributed by atoms with Crippen molar-refractivity contribution in [3.05, 3.63) is 42.1 Å². The van der Waals surface area contributed by atoms with Crippen molar-refractivity contribution in [1.29, 1.82) is 0 Å². The van der Waals surface area contributed by atoms with Crippen molar-refractivity contribution in [1.82, 2.24) is 20.0 Å². The lowest BCUT2D eigenvalue weighted by molar-refractivity contribution is -0.137. The average molecular weight is 342 g/mol. The highest BCUT2D eigenvalue weighted by Gasteiger charge is 2.37. The number of nitrogens with one attached hydrogen (secondary N) is 1. The number of likely N-dealkylation sites (tertiary alicyclic amines) is 1. The van der Waals surface area contributed by atoms with E-state index in [1.165, 1.54) is 11.8 Å². The molecule has 1 saturated heterocycles. The fraction of sp³-hybridized carbons (Fsp3) is 0.389. The summed E-state index contributed by atoms with van der Waals surface area (Å²) in [5.41, 5.74) is 2.70. The minimum Gasteiger partial charge on any atom is -0.391 e. The molecule has 1 aliphatic heterocycles. The van der Waals surface area contributed by atoms with Gasteiger partial charge in [0, 0.05) is 50.8 Å². The fourth-order valence-electron chi connectivity index (χ4n) is 3.22. The van der Waals surface area contributed by atoms with Crippen LogP contribution in [-0.2, 0) is 23.2 Å². The summed E-state index contributed by atoms with van der Waals surface area (Å²) >= 11 is 0. The Morgan fingerprint density at radius 3 is 2.72 bits per heavy atom. The van der Waals surface area contributed by atoms with Crippen molar-refractivity contribution in [2.45, 2.75) is 32.0 Å². The summed E-state index contributed by atoms with van der Waals surface area (Å²) in [7, 11) is 1.84. The Hall–Kier alpha value is -2.67. The van der Waals surface area contributed by atoms with E-state index in [-0.39, 0.29) is 24.8 Å². The summed E-state index contributed by atoms with van der Waals surface area (Å²) in [4.78, 5) is 25.6. The van der Waals surface area contributed by atoms with Gasteiger partial charge in [0.1, 0.15) is 6.04 Å². The largest absolute Gasteiger partial charge is 0.391 e. The van der Waals surface area contributed by atoms with Crippen LogP contribution in [0.2, 0.25) is 0 Å². The second-order valence-corrected chi connectivity index (χ2v) is 6.34. The molecule has 0 radical (unpaired) electrons. The second-order valence-electron chi connectivity index (χ2n) is 6.34. The first-order valence-electron chi connectivity index (χ1n) is 8.26. The predicted molar refractivity (Wildman–Crippen MR) is 92.3 cm³/mol. The maximum atomic E-state index is 12.5. The van der Waals surface area contributed by atoms with E-state index >= 15 is 0 Å². The maximum absolute atomic E-state index is 12.5. The molecule has 0 aliphatic carbocycles. The van der Waals surface area contributed by atoms with Gasteiger partial charge < -0.3 is 15.3 Å². The number of benzene rings is 1. The van der Waals surface area contributed by atoms with Gasteiger partial charge in [-0.25, -0.2) is 0 Å². The summed E-state index contributed by atoms with van der Waals surface area (Å²) in [5.74, 6) is -0.460. The highest BCUT2D eigenvalue weighted by Crippen LogP contribution is 2.22. The average Bonchev–Trinajstić information content (AvgIpc) is 3.16. The van der Waals surface area contributed by atoms with Crippen LogP contribution in [0.1, 0.15) is 18.9 Å². The van der Waals surface area contributed by atoms with Gasteiger partial charge in [-0.1, -0.05) is 30.3 Å². The number of rotatable bonds is 4. The van der Waals surface area contributed by atoms with E-state index in [1.807, 2.05) is 43.6 Å². The number of aliphatic hydroxyl groups is 1. The Morgan fingerprint density at radius 2 is 2.04 bits per heavy atom. The lowest BCUT2D eigenvalue weighted by atomic mass is 10.1. The molecule has 2 heterocycles. The minimum absolute atomic E-state index is 0.204. The van der Waals surface area contributed by atoms with Crippen LogP contribution in [0, 0.1) is 0 Å². The Morgan fingerprint density at radius 1 is 1.32 bits per heavy atom. The summed E-state index contributed by atoms with van der Waals surface area (Å²) in [6.45, 7) is 1.93. The predicted octanol–water partition coefficient (Wildman–Crippen LogP) is 0.685. The maximum Gasteiger partial charge on any atom is 0.243 e. The van der Waals surface area contributed by atoms with Crippen LogP contribution in [0.15, 0.2) is 36.5 Å². The zero-order valence-electron chi connectivity index (χ0n) is 14.3. The summed E-state index contributed by atoms with van der Waals surface area (Å²) in [6.07, 6.45) is 1.48. The van der Waals surface area contributed by atoms with E-state index in [0.29, 0.717) is 6.54 Å². The van der Waals surface area contributed by atoms with Crippen molar-refractivity contribution in [3.63, 3.8) is 0 Å². The molecule has 25 heavy (non-hydrogen) atoms. The molecule has 1 aromatic carbocycles. The molecule has 0 spiro atoms. The third-order valence-electron chi connectivity index (χ3n) is 4.39. The summed E-state index contributed by atoms with van der Waals surface area (Å²) in [6, 6.07) is 9.14. The number of hydrogen-bond donors (Lipinski definition) is 2. The number of carbonyl (C=O) groups is 2. The molecular formula is C18H22N4O3. The number of aryl methyl sites for hydroxylation is 1. The first kappa shape index (κ1) is 17.2. The summed E-state index contributed by atoms with van der Waals surface area (Å²) < 4.78 is 1.71. The summed E-state index contributed by atoms with van der Waals surface area (Å²) in [5, 5.41) is 17.1. The molecule has 0 unspecified atom stereocenters. The molecule has 2 aromatic rings. The highest BCUT2D eigenvalue weighted by atomic mass is 16.3. The standard InChI is InChI=1S/C18H22N4O3/c1-12(23)22-11-15(24)8-16(22)18(25)19-9-14-10-21(2)20-17(14)13-6-4-3-5-7-13/h3-7,10,15-16,24H,8-9,11H2,1-2H3,(H,19,25)/t15-,16-/m1/s1. The van der Waals surface area contributed by atoms with Crippen LogP contribution < -0.4 is 5.32 Å². The normalized spacial score (nSPS) is 19.9. The van der Waals surface area contributed by atoms with Crippen LogP contribution in [-0.4, -0.2) is 50.3 Å². The van der Waals surface area contributed by atoms with E-state index in [4.69, 9.17) is 0 Å². The number of aromatic nitrogens is 2. The molecule has 7 heteroatoms. The first-order chi connectivity index (χ1) is 12.0. The lowest BCUT2D eigenvalue weighted by Crippen LogP contribution is -2.44. The lowest BCUT2D eigenvalue weighted by Gasteiger charge is -2.22. The van der Waals surface area contributed by atoms with Crippen molar-refractivity contribution in [2.75, 3.05) is 6.54 Å². The number of carbonyl (C=O) groups excluding carboxylic acids is 2. The van der Waals surface area contributed by atoms with Gasteiger partial charge in [0.15, 0.2) is 0 Å². The van der Waals surface area contributed by atoms with E-state index < -0.39 is 12.1 Å². The van der Waals surface area contributed by atoms with E-state index in [1.54, 1.807) is 4.68 Å². The molecule has 2 N–H and O–H groups in total. The van der Waals surface area contributed by atoms with Crippen LogP contribution in [0.3, 0.4) is 0 Å². The molecule has 1 aliphatic rings. The SMILES string of the molecule is CC(=O)N1C[C@H](O)C[C@@H]1C(=O)NCc1cn(C)nc1-c1ccccc1. The molecule has 0 saturated carbocycles. The molecule has 132 valence electrons. The Labute approximate surface area is 146 Å². The van der Waals surface area contributed by atoms with Crippen LogP contribution in [0.4, 0.5) is 0 Å². The van der Waals surface area contributed by atoms with Gasteiger partial charge >= 0.3 is 0 Å². The number of aliphatic hydroxyl groups excluding tert-OH is 1. The van der Waals surface area contributed by atoms with E-state index in [9.17, 15) is 14.7 Å². The monoisotopic (exact) mass is 342 g/mol. The smallest absolute Gasteiger partial charge is 0.243 e. The Bertz CT molecular complexity index is 772. The van der Waals surface area contributed by atoms with Gasteiger partial charge in [-0.3, -0.25) is 14.3 Å². The van der Waals surface area contributed by atoms with Crippen molar-refractivity contribution in [3.8, 4) is 11.3 Å².